The summed E-state index contributed by atoms with van der Waals surface area (Å²) in [6.07, 6.45) is 3.45. The van der Waals surface area contributed by atoms with Crippen LogP contribution in [-0.4, -0.2) is 17.2 Å². The minimum Gasteiger partial charge on any atom is -0.508 e. The SMILES string of the molecule is O=C(N/N=C/c1cccc(O)c1)C1CC1. The summed E-state index contributed by atoms with van der Waals surface area (Å²) in [5.41, 5.74) is 3.22. The van der Waals surface area contributed by atoms with E-state index in [-0.39, 0.29) is 17.6 Å². The minimum atomic E-state index is -0.0218. The first-order chi connectivity index (χ1) is 7.25. The molecule has 0 atom stereocenters. The molecule has 2 N–H and O–H groups in total. The standard InChI is InChI=1S/C11H12N2O2/c14-10-3-1-2-8(6-10)7-12-13-11(15)9-4-5-9/h1-3,6-7,9,14H,4-5H2,(H,13,15)/b12-7+. The molecule has 4 heteroatoms. The highest BCUT2D eigenvalue weighted by Crippen LogP contribution is 2.28. The summed E-state index contributed by atoms with van der Waals surface area (Å²) in [6, 6.07) is 6.68. The van der Waals surface area contributed by atoms with E-state index in [0.29, 0.717) is 0 Å². The predicted octanol–water partition coefficient (Wildman–Crippen LogP) is 1.25. The Hall–Kier alpha value is -1.84. The molecule has 1 saturated carbocycles. The van der Waals surface area contributed by atoms with Gasteiger partial charge in [0, 0.05) is 5.92 Å². The second-order valence-electron chi connectivity index (χ2n) is 3.60. The number of benzene rings is 1. The maximum Gasteiger partial charge on any atom is 0.243 e. The average molecular weight is 204 g/mol. The van der Waals surface area contributed by atoms with Crippen molar-refractivity contribution in [3.63, 3.8) is 0 Å². The Morgan fingerprint density at radius 1 is 1.53 bits per heavy atom. The molecule has 1 fully saturated rings. The van der Waals surface area contributed by atoms with E-state index in [1.54, 1.807) is 24.3 Å². The number of hydrogen-bond acceptors (Lipinski definition) is 3. The summed E-state index contributed by atoms with van der Waals surface area (Å²) >= 11 is 0. The molecule has 0 unspecified atom stereocenters. The summed E-state index contributed by atoms with van der Waals surface area (Å²) in [7, 11) is 0. The largest absolute Gasteiger partial charge is 0.508 e. The molecule has 0 spiro atoms. The van der Waals surface area contributed by atoms with Gasteiger partial charge in [0.05, 0.1) is 6.21 Å². The van der Waals surface area contributed by atoms with Crippen LogP contribution < -0.4 is 5.43 Å². The summed E-state index contributed by atoms with van der Waals surface area (Å²) in [6.45, 7) is 0. The van der Waals surface area contributed by atoms with Crippen LogP contribution in [0.25, 0.3) is 0 Å². The second kappa shape index (κ2) is 4.13. The minimum absolute atomic E-state index is 0.0218. The third kappa shape index (κ3) is 2.80. The van der Waals surface area contributed by atoms with Gasteiger partial charge in [-0.3, -0.25) is 4.79 Å². The average Bonchev–Trinajstić information content (AvgIpc) is 3.00. The van der Waals surface area contributed by atoms with Gasteiger partial charge in [-0.05, 0) is 30.5 Å². The lowest BCUT2D eigenvalue weighted by molar-refractivity contribution is -0.122. The van der Waals surface area contributed by atoms with Gasteiger partial charge in [-0.25, -0.2) is 5.43 Å². The third-order valence-electron chi connectivity index (χ3n) is 2.21. The molecule has 0 saturated heterocycles. The monoisotopic (exact) mass is 204 g/mol. The first-order valence-electron chi connectivity index (χ1n) is 4.87. The van der Waals surface area contributed by atoms with E-state index < -0.39 is 0 Å². The number of aromatic hydroxyl groups is 1. The van der Waals surface area contributed by atoms with Crippen LogP contribution >= 0.6 is 0 Å². The van der Waals surface area contributed by atoms with Gasteiger partial charge in [0.25, 0.3) is 0 Å². The van der Waals surface area contributed by atoms with Gasteiger partial charge in [0.2, 0.25) is 5.91 Å². The molecular weight excluding hydrogens is 192 g/mol. The van der Waals surface area contributed by atoms with Crippen molar-refractivity contribution in [1.82, 2.24) is 5.43 Å². The second-order valence-corrected chi connectivity index (χ2v) is 3.60. The summed E-state index contributed by atoms with van der Waals surface area (Å²) in [4.78, 5) is 11.2. The van der Waals surface area contributed by atoms with Gasteiger partial charge in [-0.15, -0.1) is 0 Å². The van der Waals surface area contributed by atoms with Crippen LogP contribution in [0.15, 0.2) is 29.4 Å². The molecule has 1 aliphatic rings. The Balaban J connectivity index is 1.90. The van der Waals surface area contributed by atoms with Gasteiger partial charge in [-0.2, -0.15) is 5.10 Å². The van der Waals surface area contributed by atoms with Crippen molar-refractivity contribution >= 4 is 12.1 Å². The number of carbonyl (C=O) groups excluding carboxylic acids is 1. The zero-order chi connectivity index (χ0) is 10.7. The molecule has 4 nitrogen and oxygen atoms in total. The lowest BCUT2D eigenvalue weighted by Gasteiger charge is -1.96. The number of carbonyl (C=O) groups is 1. The van der Waals surface area contributed by atoms with Crippen molar-refractivity contribution in [2.45, 2.75) is 12.8 Å². The zero-order valence-corrected chi connectivity index (χ0v) is 8.18. The van der Waals surface area contributed by atoms with E-state index >= 15 is 0 Å². The van der Waals surface area contributed by atoms with Gasteiger partial charge >= 0.3 is 0 Å². The van der Waals surface area contributed by atoms with Crippen molar-refractivity contribution in [3.05, 3.63) is 29.8 Å². The molecule has 0 aliphatic heterocycles. The number of nitrogens with one attached hydrogen (secondary N) is 1. The highest BCUT2D eigenvalue weighted by molar-refractivity contribution is 5.84. The Bertz CT molecular complexity index is 397. The van der Waals surface area contributed by atoms with E-state index in [0.717, 1.165) is 18.4 Å². The van der Waals surface area contributed by atoms with E-state index in [9.17, 15) is 9.90 Å². The van der Waals surface area contributed by atoms with Crippen molar-refractivity contribution < 1.29 is 9.90 Å². The van der Waals surface area contributed by atoms with Gasteiger partial charge in [-0.1, -0.05) is 12.1 Å². The Morgan fingerprint density at radius 3 is 3.00 bits per heavy atom. The van der Waals surface area contributed by atoms with Gasteiger partial charge in [0.1, 0.15) is 5.75 Å². The molecule has 78 valence electrons. The van der Waals surface area contributed by atoms with Crippen molar-refractivity contribution in [2.24, 2.45) is 11.0 Å². The van der Waals surface area contributed by atoms with Gasteiger partial charge in [0.15, 0.2) is 0 Å². The van der Waals surface area contributed by atoms with Crippen LogP contribution in [-0.2, 0) is 4.79 Å². The number of phenolic OH excluding ortho intramolecular Hbond substituents is 1. The van der Waals surface area contributed by atoms with Crippen LogP contribution in [0.4, 0.5) is 0 Å². The highest BCUT2D eigenvalue weighted by Gasteiger charge is 2.29. The number of hydrogen-bond donors (Lipinski definition) is 2. The van der Waals surface area contributed by atoms with Crippen LogP contribution in [0.2, 0.25) is 0 Å². The Labute approximate surface area is 87.6 Å². The zero-order valence-electron chi connectivity index (χ0n) is 8.18. The van der Waals surface area contributed by atoms with E-state index in [1.165, 1.54) is 6.21 Å². The Kier molecular flexibility index (Phi) is 2.67. The number of hydrazone groups is 1. The topological polar surface area (TPSA) is 61.7 Å². The fourth-order valence-corrected chi connectivity index (χ4v) is 1.21. The lowest BCUT2D eigenvalue weighted by atomic mass is 10.2. The van der Waals surface area contributed by atoms with Crippen molar-refractivity contribution in [3.8, 4) is 5.75 Å². The molecule has 1 aliphatic carbocycles. The Morgan fingerprint density at radius 2 is 2.33 bits per heavy atom. The number of amides is 1. The fourth-order valence-electron chi connectivity index (χ4n) is 1.21. The van der Waals surface area contributed by atoms with E-state index in [1.807, 2.05) is 0 Å². The highest BCUT2D eigenvalue weighted by atomic mass is 16.3. The molecule has 0 bridgehead atoms. The molecule has 2 rings (SSSR count). The maximum atomic E-state index is 11.2. The van der Waals surface area contributed by atoms with Crippen LogP contribution in [0, 0.1) is 5.92 Å². The first-order valence-corrected chi connectivity index (χ1v) is 4.87. The number of rotatable bonds is 3. The van der Waals surface area contributed by atoms with Crippen molar-refractivity contribution in [2.75, 3.05) is 0 Å². The van der Waals surface area contributed by atoms with Crippen LogP contribution in [0.5, 0.6) is 5.75 Å². The lowest BCUT2D eigenvalue weighted by Crippen LogP contribution is -2.18. The van der Waals surface area contributed by atoms with Crippen LogP contribution in [0.3, 0.4) is 0 Å². The molecule has 1 amide bonds. The summed E-state index contributed by atoms with van der Waals surface area (Å²) in [5.74, 6) is 0.324. The number of nitrogens with zero attached hydrogens (tertiary/aromatic N) is 1. The summed E-state index contributed by atoms with van der Waals surface area (Å²) < 4.78 is 0. The molecule has 1 aromatic carbocycles. The third-order valence-corrected chi connectivity index (χ3v) is 2.21. The summed E-state index contributed by atoms with van der Waals surface area (Å²) in [5, 5.41) is 13.0. The maximum absolute atomic E-state index is 11.2. The number of phenols is 1. The van der Waals surface area contributed by atoms with E-state index in [4.69, 9.17) is 0 Å². The first kappa shape index (κ1) is 9.71. The molecule has 0 radical (unpaired) electrons. The quantitative estimate of drug-likeness (QED) is 0.575. The molecule has 0 aromatic heterocycles. The normalized spacial score (nSPS) is 15.5. The molecule has 0 heterocycles. The predicted molar refractivity (Wildman–Crippen MR) is 56.6 cm³/mol. The van der Waals surface area contributed by atoms with Gasteiger partial charge < -0.3 is 5.11 Å². The van der Waals surface area contributed by atoms with E-state index in [2.05, 4.69) is 10.5 Å². The molecule has 1 aromatic rings. The van der Waals surface area contributed by atoms with Crippen molar-refractivity contribution in [1.29, 1.82) is 0 Å². The molecule has 15 heavy (non-hydrogen) atoms. The molecular formula is C11H12N2O2. The smallest absolute Gasteiger partial charge is 0.243 e. The fraction of sp³-hybridized carbons (Fsp3) is 0.273. The van der Waals surface area contributed by atoms with Crippen LogP contribution in [0.1, 0.15) is 18.4 Å².